The van der Waals surface area contributed by atoms with Crippen molar-refractivity contribution >= 4 is 15.7 Å². The van der Waals surface area contributed by atoms with E-state index in [1.165, 1.54) is 18.2 Å². The van der Waals surface area contributed by atoms with Gasteiger partial charge in [-0.1, -0.05) is 13.8 Å². The molecule has 1 rings (SSSR count). The molecule has 7 heteroatoms. The molecule has 0 saturated carbocycles. The zero-order valence-electron chi connectivity index (χ0n) is 11.1. The van der Waals surface area contributed by atoms with E-state index >= 15 is 0 Å². The highest BCUT2D eigenvalue weighted by atomic mass is 32.2. The molecule has 0 spiro atoms. The normalized spacial score (nSPS) is 11.8. The van der Waals surface area contributed by atoms with E-state index in [1.54, 1.807) is 0 Å². The molecule has 0 saturated heterocycles. The van der Waals surface area contributed by atoms with Crippen molar-refractivity contribution in [2.45, 2.75) is 18.7 Å². The Balaban J connectivity index is 2.58. The maximum Gasteiger partial charge on any atom is 0.238 e. The predicted octanol–water partition coefficient (Wildman–Crippen LogP) is 0.968. The molecular weight excluding hydrogens is 268 g/mol. The van der Waals surface area contributed by atoms with Gasteiger partial charge in [0.2, 0.25) is 10.0 Å². The fourth-order valence-corrected chi connectivity index (χ4v) is 1.88. The van der Waals surface area contributed by atoms with E-state index < -0.39 is 10.0 Å². The summed E-state index contributed by atoms with van der Waals surface area (Å²) in [5, 5.41) is 5.04. The van der Waals surface area contributed by atoms with Crippen LogP contribution in [0.5, 0.6) is 5.75 Å². The Morgan fingerprint density at radius 1 is 1.26 bits per heavy atom. The van der Waals surface area contributed by atoms with Crippen molar-refractivity contribution in [2.75, 3.05) is 25.6 Å². The maximum absolute atomic E-state index is 11.2. The van der Waals surface area contributed by atoms with Crippen LogP contribution >= 0.6 is 0 Å². The molecule has 0 heterocycles. The minimum atomic E-state index is -3.76. The largest absolute Gasteiger partial charge is 0.489 e. The molecule has 0 fully saturated rings. The summed E-state index contributed by atoms with van der Waals surface area (Å²) in [5.41, 5.74) is 6.05. The average molecular weight is 288 g/mol. The van der Waals surface area contributed by atoms with Gasteiger partial charge in [0.1, 0.15) is 12.4 Å². The number of hydrogen-bond donors (Lipinski definition) is 2. The molecule has 0 atom stereocenters. The van der Waals surface area contributed by atoms with Gasteiger partial charge in [0.25, 0.3) is 0 Å². The quantitative estimate of drug-likeness (QED) is 0.574. The molecule has 19 heavy (non-hydrogen) atoms. The second-order valence-electron chi connectivity index (χ2n) is 4.56. The Hall–Kier alpha value is -1.31. The van der Waals surface area contributed by atoms with Gasteiger partial charge in [0.15, 0.2) is 0 Å². The Bertz CT molecular complexity index is 514. The third-order valence-electron chi connectivity index (χ3n) is 2.25. The lowest BCUT2D eigenvalue weighted by Crippen LogP contribution is -2.14. The van der Waals surface area contributed by atoms with Crippen molar-refractivity contribution in [2.24, 2.45) is 11.1 Å². The first-order valence-electron chi connectivity index (χ1n) is 5.93. The molecule has 0 radical (unpaired) electrons. The Morgan fingerprint density at radius 2 is 1.95 bits per heavy atom. The van der Waals surface area contributed by atoms with Crippen LogP contribution in [0.3, 0.4) is 0 Å². The molecule has 0 amide bonds. The van der Waals surface area contributed by atoms with Gasteiger partial charge in [-0.15, -0.1) is 0 Å². The molecular formula is C12H20N2O4S. The second kappa shape index (κ2) is 6.74. The SMILES string of the molecule is CC(C)COCCOc1cc(S(N)(=O)=O)ccc1N. The van der Waals surface area contributed by atoms with Gasteiger partial charge in [-0.25, -0.2) is 13.6 Å². The lowest BCUT2D eigenvalue weighted by Gasteiger charge is -2.11. The summed E-state index contributed by atoms with van der Waals surface area (Å²) >= 11 is 0. The van der Waals surface area contributed by atoms with Gasteiger partial charge in [0.05, 0.1) is 17.2 Å². The van der Waals surface area contributed by atoms with Crippen molar-refractivity contribution < 1.29 is 17.9 Å². The minimum absolute atomic E-state index is 0.0280. The molecule has 0 bridgehead atoms. The average Bonchev–Trinajstić information content (AvgIpc) is 2.29. The predicted molar refractivity (Wildman–Crippen MR) is 73.4 cm³/mol. The first-order valence-corrected chi connectivity index (χ1v) is 7.48. The molecule has 108 valence electrons. The van der Waals surface area contributed by atoms with Crippen molar-refractivity contribution in [3.05, 3.63) is 18.2 Å². The molecule has 4 N–H and O–H groups in total. The first kappa shape index (κ1) is 15.7. The molecule has 0 aliphatic carbocycles. The van der Waals surface area contributed by atoms with E-state index in [9.17, 15) is 8.42 Å². The fraction of sp³-hybridized carbons (Fsp3) is 0.500. The molecule has 1 aromatic rings. The fourth-order valence-electron chi connectivity index (χ4n) is 1.35. The number of sulfonamides is 1. The third kappa shape index (κ3) is 5.46. The number of anilines is 1. The molecule has 0 aliphatic rings. The maximum atomic E-state index is 11.2. The molecule has 0 unspecified atom stereocenters. The Kier molecular flexibility index (Phi) is 5.59. The van der Waals surface area contributed by atoms with E-state index in [0.29, 0.717) is 37.2 Å². The summed E-state index contributed by atoms with van der Waals surface area (Å²) in [6.45, 7) is 5.46. The van der Waals surface area contributed by atoms with Gasteiger partial charge in [0, 0.05) is 12.7 Å². The smallest absolute Gasteiger partial charge is 0.238 e. The van der Waals surface area contributed by atoms with Crippen LogP contribution in [0, 0.1) is 5.92 Å². The van der Waals surface area contributed by atoms with E-state index in [4.69, 9.17) is 20.3 Å². The highest BCUT2D eigenvalue weighted by Gasteiger charge is 2.11. The van der Waals surface area contributed by atoms with Crippen molar-refractivity contribution in [1.29, 1.82) is 0 Å². The van der Waals surface area contributed by atoms with Crippen LogP contribution in [0.15, 0.2) is 23.1 Å². The zero-order chi connectivity index (χ0) is 14.5. The molecule has 1 aromatic carbocycles. The minimum Gasteiger partial charge on any atom is -0.489 e. The van der Waals surface area contributed by atoms with Gasteiger partial charge < -0.3 is 15.2 Å². The zero-order valence-corrected chi connectivity index (χ0v) is 11.9. The van der Waals surface area contributed by atoms with Crippen LogP contribution in [0.2, 0.25) is 0 Å². The van der Waals surface area contributed by atoms with Crippen LogP contribution in [-0.2, 0) is 14.8 Å². The summed E-state index contributed by atoms with van der Waals surface area (Å²) in [6.07, 6.45) is 0. The monoisotopic (exact) mass is 288 g/mol. The van der Waals surface area contributed by atoms with Crippen LogP contribution in [0.1, 0.15) is 13.8 Å². The van der Waals surface area contributed by atoms with E-state index in [1.807, 2.05) is 0 Å². The summed E-state index contributed by atoms with van der Waals surface area (Å²) in [7, 11) is -3.76. The molecule has 0 aliphatic heterocycles. The van der Waals surface area contributed by atoms with Gasteiger partial charge in [-0.3, -0.25) is 0 Å². The topological polar surface area (TPSA) is 105 Å². The number of rotatable bonds is 7. The van der Waals surface area contributed by atoms with E-state index in [-0.39, 0.29) is 4.90 Å². The summed E-state index contributed by atoms with van der Waals surface area (Å²) in [6, 6.07) is 4.10. The number of nitrogens with two attached hydrogens (primary N) is 2. The van der Waals surface area contributed by atoms with E-state index in [0.717, 1.165) is 0 Å². The van der Waals surface area contributed by atoms with Gasteiger partial charge in [-0.05, 0) is 18.1 Å². The lowest BCUT2D eigenvalue weighted by atomic mass is 10.2. The van der Waals surface area contributed by atoms with Gasteiger partial charge >= 0.3 is 0 Å². The Morgan fingerprint density at radius 3 is 2.53 bits per heavy atom. The van der Waals surface area contributed by atoms with E-state index in [2.05, 4.69) is 13.8 Å². The van der Waals surface area contributed by atoms with Gasteiger partial charge in [-0.2, -0.15) is 0 Å². The van der Waals surface area contributed by atoms with Crippen molar-refractivity contribution in [3.8, 4) is 5.75 Å². The number of hydrogen-bond acceptors (Lipinski definition) is 5. The Labute approximate surface area is 113 Å². The molecule has 6 nitrogen and oxygen atoms in total. The van der Waals surface area contributed by atoms with Crippen LogP contribution in [0.4, 0.5) is 5.69 Å². The van der Waals surface area contributed by atoms with Crippen LogP contribution < -0.4 is 15.6 Å². The summed E-state index contributed by atoms with van der Waals surface area (Å²) in [4.78, 5) is -0.0280. The molecule has 0 aromatic heterocycles. The highest BCUT2D eigenvalue weighted by molar-refractivity contribution is 7.89. The second-order valence-corrected chi connectivity index (χ2v) is 6.12. The first-order chi connectivity index (χ1) is 8.80. The standard InChI is InChI=1S/C12H20N2O4S/c1-9(2)8-17-5-6-18-12-7-10(19(14,15)16)3-4-11(12)13/h3-4,7,9H,5-6,8,13H2,1-2H3,(H2,14,15,16). The van der Waals surface area contributed by atoms with Crippen molar-refractivity contribution in [3.63, 3.8) is 0 Å². The summed E-state index contributed by atoms with van der Waals surface area (Å²) in [5.74, 6) is 0.746. The summed E-state index contributed by atoms with van der Waals surface area (Å²) < 4.78 is 33.1. The van der Waals surface area contributed by atoms with Crippen LogP contribution in [-0.4, -0.2) is 28.2 Å². The lowest BCUT2D eigenvalue weighted by molar-refractivity contribution is 0.0820. The number of nitrogen functional groups attached to an aromatic ring is 1. The number of primary sulfonamides is 1. The number of benzene rings is 1. The van der Waals surface area contributed by atoms with Crippen LogP contribution in [0.25, 0.3) is 0 Å². The highest BCUT2D eigenvalue weighted by Crippen LogP contribution is 2.24. The van der Waals surface area contributed by atoms with Crippen molar-refractivity contribution in [1.82, 2.24) is 0 Å². The number of ether oxygens (including phenoxy) is 2. The third-order valence-corrected chi connectivity index (χ3v) is 3.16.